The van der Waals surface area contributed by atoms with Gasteiger partial charge in [0.2, 0.25) is 11.8 Å². The van der Waals surface area contributed by atoms with E-state index in [0.29, 0.717) is 32.4 Å². The topological polar surface area (TPSA) is 78.7 Å². The molecule has 6 heteroatoms. The zero-order chi connectivity index (χ0) is 17.5. The highest BCUT2D eigenvalue weighted by Gasteiger charge is 2.18. The van der Waals surface area contributed by atoms with E-state index in [0.717, 1.165) is 45.4 Å². The number of hydrogen-bond acceptors (Lipinski definition) is 4. The van der Waals surface area contributed by atoms with Gasteiger partial charge in [0.1, 0.15) is 0 Å². The number of likely N-dealkylation sites (N-methyl/N-ethyl adjacent to an activating group) is 1. The molecule has 3 N–H and O–H groups in total. The number of unbranched alkanes of at least 4 members (excludes halogenated alkanes) is 2. The molecule has 0 aromatic carbocycles. The van der Waals surface area contributed by atoms with Crippen molar-refractivity contribution in [1.29, 1.82) is 0 Å². The van der Waals surface area contributed by atoms with Crippen LogP contribution in [-0.4, -0.2) is 67.9 Å². The van der Waals surface area contributed by atoms with Crippen LogP contribution in [0.25, 0.3) is 0 Å². The van der Waals surface area contributed by atoms with Gasteiger partial charge in [-0.3, -0.25) is 9.59 Å². The molecular weight excluding hydrogens is 292 g/mol. The molecule has 0 aromatic rings. The van der Waals surface area contributed by atoms with Gasteiger partial charge < -0.3 is 20.9 Å². The van der Waals surface area contributed by atoms with E-state index >= 15 is 0 Å². The Bertz CT molecular complexity index is 316. The Morgan fingerprint density at radius 1 is 0.957 bits per heavy atom. The van der Waals surface area contributed by atoms with Crippen molar-refractivity contribution in [1.82, 2.24) is 15.1 Å². The molecule has 6 nitrogen and oxygen atoms in total. The van der Waals surface area contributed by atoms with E-state index in [1.165, 1.54) is 0 Å². The molecule has 136 valence electrons. The second-order valence-electron chi connectivity index (χ2n) is 5.74. The Balaban J connectivity index is 0.00000232. The van der Waals surface area contributed by atoms with E-state index in [1.54, 1.807) is 0 Å². The summed E-state index contributed by atoms with van der Waals surface area (Å²) < 4.78 is 0. The maximum atomic E-state index is 12.0. The first kappa shape index (κ1) is 21.9. The second-order valence-corrected chi connectivity index (χ2v) is 5.74. The molecule has 2 amide bonds. The zero-order valence-corrected chi connectivity index (χ0v) is 15.3. The highest BCUT2D eigenvalue weighted by Crippen LogP contribution is 2.05. The van der Waals surface area contributed by atoms with Gasteiger partial charge in [-0.1, -0.05) is 20.3 Å². The third-order valence-electron chi connectivity index (χ3n) is 3.85. The van der Waals surface area contributed by atoms with Crippen molar-refractivity contribution in [3.8, 4) is 0 Å². The predicted octanol–water partition coefficient (Wildman–Crippen LogP) is 1.20. The number of piperazine rings is 1. The van der Waals surface area contributed by atoms with Crippen molar-refractivity contribution in [3.05, 3.63) is 0 Å². The summed E-state index contributed by atoms with van der Waals surface area (Å²) in [6.45, 7) is 8.92. The molecule has 0 aromatic heterocycles. The van der Waals surface area contributed by atoms with Crippen molar-refractivity contribution < 1.29 is 9.59 Å². The molecule has 0 radical (unpaired) electrons. The van der Waals surface area contributed by atoms with Crippen LogP contribution in [0.3, 0.4) is 0 Å². The summed E-state index contributed by atoms with van der Waals surface area (Å²) in [5.74, 6) is 0.229. The monoisotopic (exact) mass is 328 g/mol. The van der Waals surface area contributed by atoms with Gasteiger partial charge in [0.25, 0.3) is 0 Å². The van der Waals surface area contributed by atoms with Gasteiger partial charge in [-0.25, -0.2) is 0 Å². The van der Waals surface area contributed by atoms with E-state index in [9.17, 15) is 9.59 Å². The molecule has 0 aliphatic carbocycles. The van der Waals surface area contributed by atoms with Crippen molar-refractivity contribution in [2.45, 2.75) is 52.4 Å². The summed E-state index contributed by atoms with van der Waals surface area (Å²) in [4.78, 5) is 27.7. The minimum atomic E-state index is 0.0499. The van der Waals surface area contributed by atoms with Crippen LogP contribution in [0.5, 0.6) is 0 Å². The summed E-state index contributed by atoms with van der Waals surface area (Å²) in [7, 11) is 2.07. The lowest BCUT2D eigenvalue weighted by atomic mass is 10.2. The van der Waals surface area contributed by atoms with Crippen molar-refractivity contribution in [3.63, 3.8) is 0 Å². The smallest absolute Gasteiger partial charge is 0.222 e. The highest BCUT2D eigenvalue weighted by molar-refractivity contribution is 5.79. The molecule has 0 atom stereocenters. The van der Waals surface area contributed by atoms with Crippen LogP contribution >= 0.6 is 0 Å². The number of carbonyl (C=O) groups is 2. The normalized spacial score (nSPS) is 14.9. The van der Waals surface area contributed by atoms with Crippen molar-refractivity contribution >= 4 is 11.8 Å². The molecule has 0 unspecified atom stereocenters. The lowest BCUT2D eigenvalue weighted by Crippen LogP contribution is -2.47. The van der Waals surface area contributed by atoms with E-state index in [1.807, 2.05) is 18.7 Å². The maximum absolute atomic E-state index is 12.0. The molecule has 0 spiro atoms. The fourth-order valence-electron chi connectivity index (χ4n) is 2.38. The Kier molecular flexibility index (Phi) is 13.7. The van der Waals surface area contributed by atoms with Gasteiger partial charge in [0, 0.05) is 45.6 Å². The zero-order valence-electron chi connectivity index (χ0n) is 15.3. The summed E-state index contributed by atoms with van der Waals surface area (Å²) >= 11 is 0. The first-order valence-corrected chi connectivity index (χ1v) is 9.06. The lowest BCUT2D eigenvalue weighted by Gasteiger charge is -2.32. The number of rotatable bonds is 9. The minimum absolute atomic E-state index is 0.0499. The van der Waals surface area contributed by atoms with E-state index in [-0.39, 0.29) is 11.8 Å². The molecule has 1 aliphatic heterocycles. The summed E-state index contributed by atoms with van der Waals surface area (Å²) in [6, 6.07) is 0. The molecule has 1 rings (SSSR count). The van der Waals surface area contributed by atoms with Gasteiger partial charge >= 0.3 is 0 Å². The van der Waals surface area contributed by atoms with Crippen LogP contribution in [-0.2, 0) is 9.59 Å². The van der Waals surface area contributed by atoms with E-state index < -0.39 is 0 Å². The predicted molar refractivity (Wildman–Crippen MR) is 95.2 cm³/mol. The molecule has 23 heavy (non-hydrogen) atoms. The number of nitrogens with zero attached hydrogens (tertiary/aromatic N) is 2. The molecule has 1 fully saturated rings. The molecule has 1 aliphatic rings. The quantitative estimate of drug-likeness (QED) is 0.624. The van der Waals surface area contributed by atoms with E-state index in [2.05, 4.69) is 17.3 Å². The van der Waals surface area contributed by atoms with Crippen LogP contribution in [0.4, 0.5) is 0 Å². The SMILES string of the molecule is CC.CN1CCN(C(=O)CCCC(=O)NCCCCCN)CC1. The Morgan fingerprint density at radius 2 is 1.61 bits per heavy atom. The largest absolute Gasteiger partial charge is 0.356 e. The molecule has 0 saturated carbocycles. The number of nitrogens with one attached hydrogen (secondary N) is 1. The molecule has 0 bridgehead atoms. The minimum Gasteiger partial charge on any atom is -0.356 e. The second kappa shape index (κ2) is 14.5. The van der Waals surface area contributed by atoms with Crippen LogP contribution in [0, 0.1) is 0 Å². The third-order valence-corrected chi connectivity index (χ3v) is 3.85. The van der Waals surface area contributed by atoms with Gasteiger partial charge in [0.15, 0.2) is 0 Å². The Hall–Kier alpha value is -1.14. The van der Waals surface area contributed by atoms with Crippen LogP contribution in [0.15, 0.2) is 0 Å². The van der Waals surface area contributed by atoms with Crippen LogP contribution in [0.2, 0.25) is 0 Å². The van der Waals surface area contributed by atoms with Crippen LogP contribution < -0.4 is 11.1 Å². The highest BCUT2D eigenvalue weighted by atomic mass is 16.2. The number of hydrogen-bond donors (Lipinski definition) is 2. The van der Waals surface area contributed by atoms with Gasteiger partial charge in [0.05, 0.1) is 0 Å². The van der Waals surface area contributed by atoms with Gasteiger partial charge in [-0.05, 0) is 32.9 Å². The first-order chi connectivity index (χ1) is 11.1. The Morgan fingerprint density at radius 3 is 2.22 bits per heavy atom. The van der Waals surface area contributed by atoms with E-state index in [4.69, 9.17) is 5.73 Å². The van der Waals surface area contributed by atoms with Crippen molar-refractivity contribution in [2.75, 3.05) is 46.3 Å². The number of amides is 2. The number of nitrogens with two attached hydrogens (primary N) is 1. The fraction of sp³-hybridized carbons (Fsp3) is 0.882. The summed E-state index contributed by atoms with van der Waals surface area (Å²) in [5, 5.41) is 2.89. The summed E-state index contributed by atoms with van der Waals surface area (Å²) in [5.41, 5.74) is 5.41. The van der Waals surface area contributed by atoms with Crippen molar-refractivity contribution in [2.24, 2.45) is 5.73 Å². The Labute approximate surface area is 141 Å². The molecule has 1 saturated heterocycles. The average Bonchev–Trinajstić information content (AvgIpc) is 2.57. The lowest BCUT2D eigenvalue weighted by molar-refractivity contribution is -0.133. The van der Waals surface area contributed by atoms with Gasteiger partial charge in [-0.2, -0.15) is 0 Å². The third kappa shape index (κ3) is 11.1. The van der Waals surface area contributed by atoms with Gasteiger partial charge in [-0.15, -0.1) is 0 Å². The maximum Gasteiger partial charge on any atom is 0.222 e. The first-order valence-electron chi connectivity index (χ1n) is 9.06. The molecular formula is C17H36N4O2. The summed E-state index contributed by atoms with van der Waals surface area (Å²) in [6.07, 6.45) is 4.59. The number of carbonyl (C=O) groups excluding carboxylic acids is 2. The molecule has 1 heterocycles. The standard InChI is InChI=1S/C15H30N4O2.C2H6/c1-18-10-12-19(13-11-18)15(21)7-5-6-14(20)17-9-4-2-3-8-16;1-2/h2-13,16H2,1H3,(H,17,20);1-2H3. The van der Waals surface area contributed by atoms with Crippen LogP contribution in [0.1, 0.15) is 52.4 Å². The fourth-order valence-corrected chi connectivity index (χ4v) is 2.38. The average molecular weight is 329 g/mol.